The van der Waals surface area contributed by atoms with Crippen LogP contribution in [0.3, 0.4) is 0 Å². The highest BCUT2D eigenvalue weighted by Gasteiger charge is 2.35. The molecule has 0 aliphatic carbocycles. The van der Waals surface area contributed by atoms with E-state index in [9.17, 15) is 27.9 Å². The van der Waals surface area contributed by atoms with Crippen molar-refractivity contribution in [3.63, 3.8) is 0 Å². The predicted octanol–water partition coefficient (Wildman–Crippen LogP) is 2.15. The number of amides is 1. The molecule has 1 atom stereocenters. The first-order valence-corrected chi connectivity index (χ1v) is 8.34. The summed E-state index contributed by atoms with van der Waals surface area (Å²) in [7, 11) is 3.22. The molecule has 0 radical (unpaired) electrons. The number of benzene rings is 1. The summed E-state index contributed by atoms with van der Waals surface area (Å²) in [5.74, 6) is -0.669. The molecule has 1 aromatic carbocycles. The summed E-state index contributed by atoms with van der Waals surface area (Å²) >= 11 is 5.98. The topological polar surface area (TPSA) is 98.3 Å². The second kappa shape index (κ2) is 7.80. The molecule has 11 heteroatoms. The lowest BCUT2D eigenvalue weighted by atomic mass is 9.91. The smallest absolute Gasteiger partial charge is 0.394 e. The number of halogens is 4. The largest absolute Gasteiger partial charge is 0.416 e. The number of alkyl halides is 3. The van der Waals surface area contributed by atoms with Crippen LogP contribution in [0.5, 0.6) is 0 Å². The third-order valence-electron chi connectivity index (χ3n) is 3.98. The van der Waals surface area contributed by atoms with Crippen LogP contribution in [0.15, 0.2) is 29.1 Å². The van der Waals surface area contributed by atoms with Gasteiger partial charge in [-0.3, -0.25) is 14.6 Å². The normalized spacial score (nSPS) is 13.7. The van der Waals surface area contributed by atoms with Crippen LogP contribution in [0.1, 0.15) is 28.5 Å². The molecular formula is C17H18ClF3N4O3. The number of aliphatic hydroxyl groups is 1. The van der Waals surface area contributed by atoms with E-state index < -0.39 is 35.4 Å². The minimum atomic E-state index is -4.58. The van der Waals surface area contributed by atoms with E-state index in [1.807, 2.05) is 0 Å². The van der Waals surface area contributed by atoms with Gasteiger partial charge >= 0.3 is 6.18 Å². The average Bonchev–Trinajstić information content (AvgIpc) is 2.59. The summed E-state index contributed by atoms with van der Waals surface area (Å²) in [5, 5.41) is 12.0. The third-order valence-corrected chi connectivity index (χ3v) is 4.29. The van der Waals surface area contributed by atoms with Crippen molar-refractivity contribution in [2.24, 2.45) is 0 Å². The van der Waals surface area contributed by atoms with Gasteiger partial charge in [-0.05, 0) is 24.6 Å². The standard InChI is InChI=1S/C17H18ClF3N4O3/c1-16(8-26,10-5-4-9(6-11(10)18)17(19,20)21)24-14(28)12-7-13(27)23-15(22-12)25(2)3/h4-7,26H,8H2,1-3H3,(H,24,28)(H,22,23,27)/t16-/m1/s1. The molecule has 7 nitrogen and oxygen atoms in total. The highest BCUT2D eigenvalue weighted by atomic mass is 35.5. The molecule has 0 aliphatic heterocycles. The maximum Gasteiger partial charge on any atom is 0.416 e. The second-order valence-corrected chi connectivity index (χ2v) is 6.89. The van der Waals surface area contributed by atoms with E-state index in [4.69, 9.17) is 11.6 Å². The lowest BCUT2D eigenvalue weighted by Gasteiger charge is -2.30. The summed E-state index contributed by atoms with van der Waals surface area (Å²) in [6, 6.07) is 3.57. The van der Waals surface area contributed by atoms with Crippen molar-refractivity contribution in [1.82, 2.24) is 15.3 Å². The second-order valence-electron chi connectivity index (χ2n) is 6.49. The van der Waals surface area contributed by atoms with Crippen molar-refractivity contribution in [3.05, 3.63) is 56.5 Å². The van der Waals surface area contributed by atoms with E-state index in [-0.39, 0.29) is 22.2 Å². The van der Waals surface area contributed by atoms with Crippen LogP contribution in [0, 0.1) is 0 Å². The molecule has 0 fully saturated rings. The predicted molar refractivity (Wildman–Crippen MR) is 97.5 cm³/mol. The van der Waals surface area contributed by atoms with E-state index in [1.54, 1.807) is 14.1 Å². The minimum Gasteiger partial charge on any atom is -0.394 e. The van der Waals surface area contributed by atoms with Gasteiger partial charge in [0.15, 0.2) is 0 Å². The Kier molecular flexibility index (Phi) is 6.05. The molecule has 1 aromatic heterocycles. The van der Waals surface area contributed by atoms with Gasteiger partial charge in [-0.15, -0.1) is 0 Å². The molecule has 0 saturated carbocycles. The summed E-state index contributed by atoms with van der Waals surface area (Å²) in [6.45, 7) is 0.729. The molecule has 3 N–H and O–H groups in total. The van der Waals surface area contributed by atoms with Crippen molar-refractivity contribution < 1.29 is 23.1 Å². The van der Waals surface area contributed by atoms with Crippen LogP contribution >= 0.6 is 11.6 Å². The molecule has 0 aliphatic rings. The number of aromatic nitrogens is 2. The van der Waals surface area contributed by atoms with Gasteiger partial charge in [0, 0.05) is 25.2 Å². The van der Waals surface area contributed by atoms with Crippen molar-refractivity contribution in [2.75, 3.05) is 25.6 Å². The Labute approximate surface area is 163 Å². The number of hydrogen-bond acceptors (Lipinski definition) is 5. The van der Waals surface area contributed by atoms with Crippen molar-refractivity contribution in [2.45, 2.75) is 18.6 Å². The number of carbonyl (C=O) groups is 1. The summed E-state index contributed by atoms with van der Waals surface area (Å²) < 4.78 is 38.5. The fourth-order valence-electron chi connectivity index (χ4n) is 2.42. The Bertz CT molecular complexity index is 946. The van der Waals surface area contributed by atoms with Crippen LogP contribution in [-0.2, 0) is 11.7 Å². The molecule has 0 saturated heterocycles. The molecule has 2 rings (SSSR count). The first kappa shape index (κ1) is 21.7. The van der Waals surface area contributed by atoms with Gasteiger partial charge in [-0.1, -0.05) is 17.7 Å². The maximum absolute atomic E-state index is 12.8. The molecule has 1 heterocycles. The zero-order valence-electron chi connectivity index (χ0n) is 15.2. The van der Waals surface area contributed by atoms with Crippen molar-refractivity contribution in [1.29, 1.82) is 0 Å². The first-order chi connectivity index (χ1) is 12.9. The molecule has 0 unspecified atom stereocenters. The average molecular weight is 419 g/mol. The van der Waals surface area contributed by atoms with Gasteiger partial charge in [0.25, 0.3) is 11.5 Å². The molecule has 0 bridgehead atoms. The Balaban J connectivity index is 2.40. The first-order valence-electron chi connectivity index (χ1n) is 7.96. The van der Waals surface area contributed by atoms with Crippen LogP contribution in [0.25, 0.3) is 0 Å². The van der Waals surface area contributed by atoms with Gasteiger partial charge in [0.05, 0.1) is 17.7 Å². The highest BCUT2D eigenvalue weighted by Crippen LogP contribution is 2.35. The quantitative estimate of drug-likeness (QED) is 0.691. The number of anilines is 1. The van der Waals surface area contributed by atoms with Gasteiger partial charge in [0.2, 0.25) is 5.95 Å². The number of aliphatic hydroxyl groups excluding tert-OH is 1. The van der Waals surface area contributed by atoms with Gasteiger partial charge < -0.3 is 15.3 Å². The molecule has 28 heavy (non-hydrogen) atoms. The molecule has 2 aromatic rings. The maximum atomic E-state index is 12.8. The molecule has 1 amide bonds. The number of nitrogens with zero attached hydrogens (tertiary/aromatic N) is 2. The lowest BCUT2D eigenvalue weighted by Crippen LogP contribution is -2.47. The lowest BCUT2D eigenvalue weighted by molar-refractivity contribution is -0.137. The summed E-state index contributed by atoms with van der Waals surface area (Å²) in [6.07, 6.45) is -4.58. The number of aromatic amines is 1. The van der Waals surface area contributed by atoms with Gasteiger partial charge in [-0.25, -0.2) is 4.98 Å². The fraction of sp³-hybridized carbons (Fsp3) is 0.353. The van der Waals surface area contributed by atoms with E-state index in [2.05, 4.69) is 15.3 Å². The summed E-state index contributed by atoms with van der Waals surface area (Å²) in [4.78, 5) is 32.2. The van der Waals surface area contributed by atoms with Crippen LogP contribution in [0.2, 0.25) is 5.02 Å². The van der Waals surface area contributed by atoms with Crippen LogP contribution in [-0.4, -0.2) is 41.7 Å². The van der Waals surface area contributed by atoms with E-state index in [1.165, 1.54) is 11.8 Å². The number of hydrogen-bond donors (Lipinski definition) is 3. The monoisotopic (exact) mass is 418 g/mol. The Morgan fingerprint density at radius 2 is 1.96 bits per heavy atom. The Morgan fingerprint density at radius 1 is 1.32 bits per heavy atom. The van der Waals surface area contributed by atoms with Gasteiger partial charge in [0.1, 0.15) is 5.69 Å². The SMILES string of the molecule is CN(C)c1nc(C(=O)N[C@](C)(CO)c2ccc(C(F)(F)F)cc2Cl)cc(=O)[nH]1. The minimum absolute atomic E-state index is 0.0793. The fourth-order valence-corrected chi connectivity index (χ4v) is 2.81. The van der Waals surface area contributed by atoms with Crippen molar-refractivity contribution >= 4 is 23.5 Å². The molecular weight excluding hydrogens is 401 g/mol. The highest BCUT2D eigenvalue weighted by molar-refractivity contribution is 6.31. The number of H-pyrrole nitrogens is 1. The van der Waals surface area contributed by atoms with Gasteiger partial charge in [-0.2, -0.15) is 13.2 Å². The number of nitrogens with one attached hydrogen (secondary N) is 2. The zero-order chi connectivity index (χ0) is 21.3. The number of carbonyl (C=O) groups excluding carboxylic acids is 1. The number of rotatable bonds is 5. The van der Waals surface area contributed by atoms with Crippen LogP contribution in [0.4, 0.5) is 19.1 Å². The third kappa shape index (κ3) is 4.63. The summed E-state index contributed by atoms with van der Waals surface area (Å²) in [5.41, 5.74) is -3.19. The van der Waals surface area contributed by atoms with E-state index in [0.717, 1.165) is 18.2 Å². The zero-order valence-corrected chi connectivity index (χ0v) is 15.9. The van der Waals surface area contributed by atoms with Crippen molar-refractivity contribution in [3.8, 4) is 0 Å². The Morgan fingerprint density at radius 3 is 2.46 bits per heavy atom. The van der Waals surface area contributed by atoms with E-state index in [0.29, 0.717) is 6.07 Å². The van der Waals surface area contributed by atoms with Crippen LogP contribution < -0.4 is 15.8 Å². The molecule has 152 valence electrons. The van der Waals surface area contributed by atoms with E-state index >= 15 is 0 Å². The Hall–Kier alpha value is -2.59. The molecule has 0 spiro atoms.